The monoisotopic (exact) mass is 469 g/mol. The number of carbonyl (C=O) groups is 1. The minimum Gasteiger partial charge on any atom is -0.346 e. The molecule has 0 bridgehead atoms. The van der Waals surface area contributed by atoms with Crippen molar-refractivity contribution in [1.29, 1.82) is 0 Å². The largest absolute Gasteiger partial charge is 0.346 e. The van der Waals surface area contributed by atoms with Gasteiger partial charge >= 0.3 is 0 Å². The van der Waals surface area contributed by atoms with Crippen molar-refractivity contribution >= 4 is 33.4 Å². The zero-order valence-electron chi connectivity index (χ0n) is 18.1. The molecule has 1 aromatic carbocycles. The number of nitrogens with zero attached hydrogens (tertiary/aromatic N) is 5. The molecular weight excluding hydrogens is 452 g/mol. The van der Waals surface area contributed by atoms with Crippen molar-refractivity contribution < 1.29 is 13.6 Å². The number of rotatable bonds is 5. The molecule has 0 aliphatic carbocycles. The molecular formula is C25H17F2N7O. The summed E-state index contributed by atoms with van der Waals surface area (Å²) in [5.74, 6) is -0.0178. The third kappa shape index (κ3) is 3.74. The first-order chi connectivity index (χ1) is 17.1. The Morgan fingerprint density at radius 1 is 1.09 bits per heavy atom. The summed E-state index contributed by atoms with van der Waals surface area (Å²) in [7, 11) is 0. The fourth-order valence-electron chi connectivity index (χ4n) is 4.09. The molecule has 5 heterocycles. The Morgan fingerprint density at radius 2 is 2.00 bits per heavy atom. The minimum absolute atomic E-state index is 0.219. The number of benzene rings is 1. The maximum absolute atomic E-state index is 12.5. The molecule has 2 N–H and O–H groups in total. The Bertz CT molecular complexity index is 1720. The summed E-state index contributed by atoms with van der Waals surface area (Å²) in [5.41, 5.74) is 4.82. The Balaban J connectivity index is 1.37. The van der Waals surface area contributed by atoms with Crippen LogP contribution in [0.4, 0.5) is 8.78 Å². The zero-order chi connectivity index (χ0) is 23.9. The van der Waals surface area contributed by atoms with Gasteiger partial charge in [0.1, 0.15) is 5.65 Å². The van der Waals surface area contributed by atoms with Gasteiger partial charge in [-0.1, -0.05) is 6.07 Å². The summed E-state index contributed by atoms with van der Waals surface area (Å²) in [6.07, 6.45) is 5.79. The first kappa shape index (κ1) is 20.8. The lowest BCUT2D eigenvalue weighted by atomic mass is 10.1. The van der Waals surface area contributed by atoms with Crippen LogP contribution in [0, 0.1) is 0 Å². The van der Waals surface area contributed by atoms with Gasteiger partial charge in [0.15, 0.2) is 5.82 Å². The smallest absolute Gasteiger partial charge is 0.255 e. The van der Waals surface area contributed by atoms with Gasteiger partial charge in [0.2, 0.25) is 0 Å². The maximum atomic E-state index is 12.5. The van der Waals surface area contributed by atoms with E-state index in [0.717, 1.165) is 33.0 Å². The number of aromatic amines is 1. The molecule has 0 spiro atoms. The number of hydrogen-bond donors (Lipinski definition) is 2. The highest BCUT2D eigenvalue weighted by molar-refractivity contribution is 6.02. The van der Waals surface area contributed by atoms with Gasteiger partial charge in [0.05, 0.1) is 29.3 Å². The SMILES string of the molecule is O=C(NCC(F)F)c1cnn2ccc(-c3c[nH]c4nc(-c5ccc6ncccc6c5)ncc34)cc12. The molecule has 0 fully saturated rings. The van der Waals surface area contributed by atoms with Crippen LogP contribution in [0.1, 0.15) is 10.4 Å². The van der Waals surface area contributed by atoms with Crippen molar-refractivity contribution in [2.45, 2.75) is 6.43 Å². The topological polar surface area (TPSA) is 101 Å². The Labute approximate surface area is 196 Å². The van der Waals surface area contributed by atoms with E-state index >= 15 is 0 Å². The molecule has 6 aromatic rings. The summed E-state index contributed by atoms with van der Waals surface area (Å²) in [6.45, 7) is -0.717. The number of amides is 1. The van der Waals surface area contributed by atoms with Crippen LogP contribution in [-0.4, -0.2) is 48.4 Å². The number of fused-ring (bicyclic) bond motifs is 3. The van der Waals surface area contributed by atoms with Crippen molar-refractivity contribution in [2.75, 3.05) is 6.54 Å². The fraction of sp³-hybridized carbons (Fsp3) is 0.0800. The van der Waals surface area contributed by atoms with Crippen molar-refractivity contribution in [3.63, 3.8) is 0 Å². The van der Waals surface area contributed by atoms with Crippen molar-refractivity contribution in [1.82, 2.24) is 34.9 Å². The molecule has 1 amide bonds. The van der Waals surface area contributed by atoms with E-state index in [1.54, 1.807) is 24.7 Å². The number of halogens is 2. The highest BCUT2D eigenvalue weighted by Gasteiger charge is 2.16. The highest BCUT2D eigenvalue weighted by atomic mass is 19.3. The molecule has 6 rings (SSSR count). The van der Waals surface area contributed by atoms with Gasteiger partial charge in [-0.05, 0) is 42.0 Å². The third-order valence-electron chi connectivity index (χ3n) is 5.79. The summed E-state index contributed by atoms with van der Waals surface area (Å²) in [4.78, 5) is 29.2. The number of pyridine rings is 2. The van der Waals surface area contributed by atoms with Crippen molar-refractivity contribution in [3.8, 4) is 22.5 Å². The fourth-order valence-corrected chi connectivity index (χ4v) is 4.09. The van der Waals surface area contributed by atoms with Gasteiger partial charge in [0.25, 0.3) is 12.3 Å². The van der Waals surface area contributed by atoms with Gasteiger partial charge < -0.3 is 10.3 Å². The molecule has 0 aliphatic rings. The van der Waals surface area contributed by atoms with Crippen LogP contribution in [0.25, 0.3) is 50.0 Å². The van der Waals surface area contributed by atoms with Crippen molar-refractivity contribution in [2.24, 2.45) is 0 Å². The van der Waals surface area contributed by atoms with E-state index in [1.807, 2.05) is 42.6 Å². The molecule has 0 radical (unpaired) electrons. The van der Waals surface area contributed by atoms with Crippen LogP contribution < -0.4 is 5.32 Å². The molecule has 35 heavy (non-hydrogen) atoms. The number of alkyl halides is 2. The summed E-state index contributed by atoms with van der Waals surface area (Å²) in [6, 6.07) is 13.4. The summed E-state index contributed by atoms with van der Waals surface area (Å²) >= 11 is 0. The predicted molar refractivity (Wildman–Crippen MR) is 127 cm³/mol. The number of H-pyrrole nitrogens is 1. The molecule has 8 nitrogen and oxygen atoms in total. The number of carbonyl (C=O) groups excluding carboxylic acids is 1. The average Bonchev–Trinajstić information content (AvgIpc) is 3.50. The summed E-state index contributed by atoms with van der Waals surface area (Å²) in [5, 5.41) is 8.18. The first-order valence-corrected chi connectivity index (χ1v) is 10.8. The number of hydrogen-bond acceptors (Lipinski definition) is 5. The second-order valence-corrected chi connectivity index (χ2v) is 7.97. The first-order valence-electron chi connectivity index (χ1n) is 10.8. The van der Waals surface area contributed by atoms with Gasteiger partial charge in [-0.15, -0.1) is 0 Å². The summed E-state index contributed by atoms with van der Waals surface area (Å²) < 4.78 is 26.5. The molecule has 0 atom stereocenters. The van der Waals surface area contributed by atoms with E-state index in [1.165, 1.54) is 10.7 Å². The van der Waals surface area contributed by atoms with Gasteiger partial charge in [-0.25, -0.2) is 23.3 Å². The lowest BCUT2D eigenvalue weighted by molar-refractivity contribution is 0.0893. The number of aromatic nitrogens is 6. The third-order valence-corrected chi connectivity index (χ3v) is 5.79. The van der Waals surface area contributed by atoms with Gasteiger partial charge in [0, 0.05) is 46.7 Å². The quantitative estimate of drug-likeness (QED) is 0.388. The van der Waals surface area contributed by atoms with Gasteiger partial charge in [-0.2, -0.15) is 5.10 Å². The van der Waals surface area contributed by atoms with Crippen LogP contribution in [0.3, 0.4) is 0 Å². The van der Waals surface area contributed by atoms with E-state index in [4.69, 9.17) is 4.98 Å². The molecule has 10 heteroatoms. The van der Waals surface area contributed by atoms with E-state index in [-0.39, 0.29) is 5.56 Å². The van der Waals surface area contributed by atoms with Crippen LogP contribution in [0.2, 0.25) is 0 Å². The Morgan fingerprint density at radius 3 is 2.89 bits per heavy atom. The van der Waals surface area contributed by atoms with Crippen LogP contribution in [0.5, 0.6) is 0 Å². The van der Waals surface area contributed by atoms with Crippen LogP contribution >= 0.6 is 0 Å². The molecule has 0 saturated carbocycles. The van der Waals surface area contributed by atoms with E-state index in [0.29, 0.717) is 17.0 Å². The number of nitrogens with one attached hydrogen (secondary N) is 2. The van der Waals surface area contributed by atoms with E-state index in [2.05, 4.69) is 25.4 Å². The van der Waals surface area contributed by atoms with Crippen LogP contribution in [0.15, 0.2) is 73.4 Å². The second kappa shape index (κ2) is 8.24. The second-order valence-electron chi connectivity index (χ2n) is 7.97. The molecule has 0 saturated heterocycles. The maximum Gasteiger partial charge on any atom is 0.255 e. The predicted octanol–water partition coefficient (Wildman–Crippen LogP) is 4.48. The van der Waals surface area contributed by atoms with Crippen LogP contribution in [-0.2, 0) is 0 Å². The van der Waals surface area contributed by atoms with E-state index < -0.39 is 18.9 Å². The lowest BCUT2D eigenvalue weighted by Crippen LogP contribution is -2.28. The van der Waals surface area contributed by atoms with Gasteiger partial charge in [-0.3, -0.25) is 9.78 Å². The molecule has 172 valence electrons. The lowest BCUT2D eigenvalue weighted by Gasteiger charge is -2.05. The zero-order valence-corrected chi connectivity index (χ0v) is 18.1. The average molecular weight is 469 g/mol. The Hall–Kier alpha value is -4.73. The molecule has 0 unspecified atom stereocenters. The standard InChI is InChI=1S/C25H17F2N7O/c26-22(27)13-31-25(35)19-12-32-34-7-5-14(9-21(19)34)17-10-30-24-18(17)11-29-23(33-24)16-3-4-20-15(8-16)2-1-6-28-20/h1-12,22H,13H2,(H,31,35)(H,29,30,33). The minimum atomic E-state index is -2.63. The molecule has 0 aliphatic heterocycles. The van der Waals surface area contributed by atoms with E-state index in [9.17, 15) is 13.6 Å². The Kier molecular flexibility index (Phi) is 4.91. The van der Waals surface area contributed by atoms with Crippen molar-refractivity contribution in [3.05, 3.63) is 79.0 Å². The highest BCUT2D eigenvalue weighted by Crippen LogP contribution is 2.30. The molecule has 5 aromatic heterocycles. The normalized spacial score (nSPS) is 11.6.